The molecule has 0 saturated heterocycles. The Morgan fingerprint density at radius 1 is 1.20 bits per heavy atom. The van der Waals surface area contributed by atoms with E-state index in [0.717, 1.165) is 6.07 Å². The van der Waals surface area contributed by atoms with Gasteiger partial charge in [0.1, 0.15) is 11.6 Å². The fourth-order valence-corrected chi connectivity index (χ4v) is 1.19. The molecule has 0 atom stereocenters. The van der Waals surface area contributed by atoms with Crippen LogP contribution in [0.15, 0.2) is 44.3 Å². The van der Waals surface area contributed by atoms with Crippen molar-refractivity contribution in [1.29, 1.82) is 0 Å². The first-order chi connectivity index (χ1) is 7.15. The number of benzene rings is 1. The van der Waals surface area contributed by atoms with Crippen LogP contribution >= 0.6 is 0 Å². The Bertz CT molecular complexity index is 572. The fourth-order valence-electron chi connectivity index (χ4n) is 1.19. The molecule has 1 aromatic heterocycles. The first-order valence-corrected chi connectivity index (χ1v) is 4.15. The Labute approximate surface area is 83.0 Å². The van der Waals surface area contributed by atoms with E-state index >= 15 is 0 Å². The average Bonchev–Trinajstić information content (AvgIpc) is 2.16. The summed E-state index contributed by atoms with van der Waals surface area (Å²) in [5, 5.41) is 0. The molecule has 0 unspecified atom stereocenters. The molecule has 0 spiro atoms. The molecule has 0 aliphatic rings. The predicted molar refractivity (Wildman–Crippen MR) is 51.0 cm³/mol. The highest BCUT2D eigenvalue weighted by Gasteiger charge is 2.03. The van der Waals surface area contributed by atoms with Crippen molar-refractivity contribution in [3.05, 3.63) is 57.1 Å². The van der Waals surface area contributed by atoms with Crippen LogP contribution < -0.4 is 11.3 Å². The van der Waals surface area contributed by atoms with Crippen molar-refractivity contribution >= 4 is 0 Å². The molecule has 76 valence electrons. The summed E-state index contributed by atoms with van der Waals surface area (Å²) < 4.78 is 17.6. The van der Waals surface area contributed by atoms with Gasteiger partial charge in [0.25, 0.3) is 5.56 Å². The molecule has 15 heavy (non-hydrogen) atoms. The van der Waals surface area contributed by atoms with Gasteiger partial charge >= 0.3 is 5.76 Å². The standard InChI is InChI=1S/C10H6FNO3/c11-7-3-1-2-6(4-7)8-5-9(13)12-10(14)15-8/h1-5H,(H,12,13,14). The van der Waals surface area contributed by atoms with Crippen molar-refractivity contribution < 1.29 is 8.81 Å². The number of H-pyrrole nitrogens is 1. The monoisotopic (exact) mass is 207 g/mol. The van der Waals surface area contributed by atoms with Crippen LogP contribution in [-0.2, 0) is 0 Å². The van der Waals surface area contributed by atoms with E-state index in [2.05, 4.69) is 0 Å². The normalized spacial score (nSPS) is 10.2. The molecule has 0 bridgehead atoms. The second kappa shape index (κ2) is 3.53. The third-order valence-corrected chi connectivity index (χ3v) is 1.80. The van der Waals surface area contributed by atoms with E-state index in [1.807, 2.05) is 4.98 Å². The Hall–Kier alpha value is -2.17. The predicted octanol–water partition coefficient (Wildman–Crippen LogP) is 1.13. The molecular formula is C10H6FNO3. The topological polar surface area (TPSA) is 63.1 Å². The van der Waals surface area contributed by atoms with Crippen LogP contribution in [0.4, 0.5) is 4.39 Å². The molecule has 0 radical (unpaired) electrons. The van der Waals surface area contributed by atoms with Crippen molar-refractivity contribution in [2.75, 3.05) is 0 Å². The highest BCUT2D eigenvalue weighted by molar-refractivity contribution is 5.56. The summed E-state index contributed by atoms with van der Waals surface area (Å²) in [6.45, 7) is 0. The van der Waals surface area contributed by atoms with Crippen LogP contribution in [0.1, 0.15) is 0 Å². The molecule has 0 fully saturated rings. The second-order valence-corrected chi connectivity index (χ2v) is 2.90. The van der Waals surface area contributed by atoms with E-state index < -0.39 is 17.1 Å². The molecule has 5 heteroatoms. The van der Waals surface area contributed by atoms with Gasteiger partial charge < -0.3 is 4.42 Å². The summed E-state index contributed by atoms with van der Waals surface area (Å²) in [5.74, 6) is -1.28. The third kappa shape index (κ3) is 2.01. The average molecular weight is 207 g/mol. The summed E-state index contributed by atoms with van der Waals surface area (Å²) >= 11 is 0. The SMILES string of the molecule is O=c1cc(-c2cccc(F)c2)oc(=O)[nH]1. The highest BCUT2D eigenvalue weighted by Crippen LogP contribution is 2.16. The number of aromatic amines is 1. The number of hydrogen-bond acceptors (Lipinski definition) is 3. The van der Waals surface area contributed by atoms with E-state index in [1.54, 1.807) is 6.07 Å². The van der Waals surface area contributed by atoms with Gasteiger partial charge in [0.15, 0.2) is 0 Å². The lowest BCUT2D eigenvalue weighted by Crippen LogP contribution is -2.17. The minimum Gasteiger partial charge on any atom is -0.409 e. The lowest BCUT2D eigenvalue weighted by Gasteiger charge is -1.98. The molecule has 4 nitrogen and oxygen atoms in total. The highest BCUT2D eigenvalue weighted by atomic mass is 19.1. The quantitative estimate of drug-likeness (QED) is 0.762. The largest absolute Gasteiger partial charge is 0.419 e. The summed E-state index contributed by atoms with van der Waals surface area (Å²) in [7, 11) is 0. The van der Waals surface area contributed by atoms with E-state index in [4.69, 9.17) is 4.42 Å². The number of rotatable bonds is 1. The van der Waals surface area contributed by atoms with Gasteiger partial charge in [-0.15, -0.1) is 0 Å². The zero-order valence-electron chi connectivity index (χ0n) is 7.49. The molecule has 2 aromatic rings. The smallest absolute Gasteiger partial charge is 0.409 e. The van der Waals surface area contributed by atoms with Crippen molar-refractivity contribution in [3.63, 3.8) is 0 Å². The maximum atomic E-state index is 12.8. The number of aromatic nitrogens is 1. The van der Waals surface area contributed by atoms with Gasteiger partial charge in [0, 0.05) is 11.6 Å². The van der Waals surface area contributed by atoms with Crippen molar-refractivity contribution in [3.8, 4) is 11.3 Å². The zero-order valence-corrected chi connectivity index (χ0v) is 7.49. The minimum absolute atomic E-state index is 0.0447. The van der Waals surface area contributed by atoms with E-state index in [9.17, 15) is 14.0 Å². The molecule has 1 aromatic carbocycles. The van der Waals surface area contributed by atoms with Crippen molar-refractivity contribution in [2.45, 2.75) is 0 Å². The molecular weight excluding hydrogens is 201 g/mol. The first-order valence-electron chi connectivity index (χ1n) is 4.15. The first kappa shape index (κ1) is 9.39. The Morgan fingerprint density at radius 2 is 2.00 bits per heavy atom. The summed E-state index contributed by atoms with van der Waals surface area (Å²) in [6.07, 6.45) is 0. The minimum atomic E-state index is -0.859. The Kier molecular flexibility index (Phi) is 2.21. The van der Waals surface area contributed by atoms with E-state index in [-0.39, 0.29) is 5.76 Å². The number of hydrogen-bond donors (Lipinski definition) is 1. The van der Waals surface area contributed by atoms with Crippen LogP contribution in [0.3, 0.4) is 0 Å². The van der Waals surface area contributed by atoms with Crippen LogP contribution in [-0.4, -0.2) is 4.98 Å². The summed E-state index contributed by atoms with van der Waals surface area (Å²) in [6, 6.07) is 6.54. The van der Waals surface area contributed by atoms with Gasteiger partial charge in [-0.1, -0.05) is 12.1 Å². The lowest BCUT2D eigenvalue weighted by atomic mass is 10.2. The van der Waals surface area contributed by atoms with Crippen LogP contribution in [0.2, 0.25) is 0 Å². The Balaban J connectivity index is 2.64. The lowest BCUT2D eigenvalue weighted by molar-refractivity contribution is 0.493. The van der Waals surface area contributed by atoms with Crippen molar-refractivity contribution in [2.24, 2.45) is 0 Å². The van der Waals surface area contributed by atoms with Gasteiger partial charge in [0.2, 0.25) is 0 Å². The molecule has 0 aliphatic heterocycles. The second-order valence-electron chi connectivity index (χ2n) is 2.90. The zero-order chi connectivity index (χ0) is 10.8. The number of nitrogens with one attached hydrogen (secondary N) is 1. The molecule has 0 amide bonds. The third-order valence-electron chi connectivity index (χ3n) is 1.80. The molecule has 1 N–H and O–H groups in total. The molecule has 2 rings (SSSR count). The fraction of sp³-hybridized carbons (Fsp3) is 0. The van der Waals surface area contributed by atoms with Gasteiger partial charge in [-0.25, -0.2) is 9.18 Å². The van der Waals surface area contributed by atoms with Gasteiger partial charge in [-0.2, -0.15) is 0 Å². The molecule has 0 saturated carbocycles. The maximum Gasteiger partial charge on any atom is 0.419 e. The maximum absolute atomic E-state index is 12.8. The summed E-state index contributed by atoms with van der Waals surface area (Å²) in [4.78, 5) is 23.7. The van der Waals surface area contributed by atoms with Gasteiger partial charge in [-0.3, -0.25) is 9.78 Å². The van der Waals surface area contributed by atoms with E-state index in [1.165, 1.54) is 18.2 Å². The van der Waals surface area contributed by atoms with Crippen molar-refractivity contribution in [1.82, 2.24) is 4.98 Å². The van der Waals surface area contributed by atoms with Gasteiger partial charge in [-0.05, 0) is 12.1 Å². The summed E-state index contributed by atoms with van der Waals surface area (Å²) in [5.41, 5.74) is -0.233. The molecule has 0 aliphatic carbocycles. The van der Waals surface area contributed by atoms with Gasteiger partial charge in [0.05, 0.1) is 0 Å². The van der Waals surface area contributed by atoms with E-state index in [0.29, 0.717) is 5.56 Å². The number of halogens is 1. The Morgan fingerprint density at radius 3 is 2.67 bits per heavy atom. The molecule has 1 heterocycles. The van der Waals surface area contributed by atoms with Crippen LogP contribution in [0, 0.1) is 5.82 Å². The van der Waals surface area contributed by atoms with Crippen LogP contribution in [0.5, 0.6) is 0 Å². The van der Waals surface area contributed by atoms with Crippen LogP contribution in [0.25, 0.3) is 11.3 Å².